The van der Waals surface area contributed by atoms with Crippen molar-refractivity contribution < 1.29 is 18.0 Å². The first-order valence-electron chi connectivity index (χ1n) is 7.85. The molecule has 0 fully saturated rings. The topological polar surface area (TPSA) is 81.5 Å². The minimum Gasteiger partial charge on any atom is -0.370 e. The molecule has 0 atom stereocenters. The highest BCUT2D eigenvalue weighted by Crippen LogP contribution is 2.35. The van der Waals surface area contributed by atoms with Crippen molar-refractivity contribution in [2.24, 2.45) is 16.5 Å². The number of nitrogens with two attached hydrogens (primary N) is 2. The van der Waals surface area contributed by atoms with Gasteiger partial charge in [0.05, 0.1) is 5.56 Å². The first-order chi connectivity index (χ1) is 12.8. The maximum atomic E-state index is 14.4. The van der Waals surface area contributed by atoms with Crippen LogP contribution >= 0.6 is 0 Å². The van der Waals surface area contributed by atoms with Crippen molar-refractivity contribution in [1.82, 2.24) is 0 Å². The molecule has 27 heavy (non-hydrogen) atoms. The number of rotatable bonds is 2. The van der Waals surface area contributed by atoms with Crippen molar-refractivity contribution in [3.8, 4) is 0 Å². The van der Waals surface area contributed by atoms with Crippen LogP contribution in [0.3, 0.4) is 0 Å². The Labute approximate surface area is 153 Å². The van der Waals surface area contributed by atoms with Gasteiger partial charge in [0.15, 0.2) is 5.96 Å². The number of guanidine groups is 1. The van der Waals surface area contributed by atoms with Crippen LogP contribution in [0.4, 0.5) is 13.2 Å². The second kappa shape index (κ2) is 6.97. The first kappa shape index (κ1) is 18.2. The monoisotopic (exact) mass is 369 g/mol. The van der Waals surface area contributed by atoms with E-state index in [0.29, 0.717) is 23.3 Å². The molecule has 0 radical (unpaired) electrons. The second-order valence-corrected chi connectivity index (χ2v) is 5.88. The largest absolute Gasteiger partial charge is 0.370 e. The fraction of sp³-hybridized carbons (Fsp3) is 0.0500. The van der Waals surface area contributed by atoms with Crippen LogP contribution < -0.4 is 11.5 Å². The van der Waals surface area contributed by atoms with Crippen LogP contribution in [-0.2, 0) is 0 Å². The quantitative estimate of drug-likeness (QED) is 0.483. The predicted molar refractivity (Wildman–Crippen MR) is 97.1 cm³/mol. The number of nitrogens with zero attached hydrogens (tertiary/aromatic N) is 1. The van der Waals surface area contributed by atoms with E-state index in [-0.39, 0.29) is 11.1 Å². The summed E-state index contributed by atoms with van der Waals surface area (Å²) in [6.07, 6.45) is 3.22. The molecule has 0 spiro atoms. The van der Waals surface area contributed by atoms with Crippen LogP contribution in [0.25, 0.3) is 11.1 Å². The highest BCUT2D eigenvalue weighted by Gasteiger charge is 2.22. The maximum absolute atomic E-state index is 14.4. The van der Waals surface area contributed by atoms with Crippen LogP contribution in [0.5, 0.6) is 0 Å². The molecule has 0 aromatic heterocycles. The lowest BCUT2D eigenvalue weighted by atomic mass is 9.90. The van der Waals surface area contributed by atoms with E-state index >= 15 is 0 Å². The van der Waals surface area contributed by atoms with Gasteiger partial charge in [-0.25, -0.2) is 13.2 Å². The maximum Gasteiger partial charge on any atom is 0.280 e. The number of carbonyl (C=O) groups is 1. The molecule has 0 aliphatic heterocycles. The van der Waals surface area contributed by atoms with Gasteiger partial charge in [0.2, 0.25) is 0 Å². The summed E-state index contributed by atoms with van der Waals surface area (Å²) in [6, 6.07) is 5.73. The molecule has 0 heterocycles. The van der Waals surface area contributed by atoms with Crippen molar-refractivity contribution in [2.45, 2.75) is 6.92 Å². The highest BCUT2D eigenvalue weighted by atomic mass is 19.1. The number of halogens is 3. The number of allylic oxidation sites excluding steroid dienone is 3. The van der Waals surface area contributed by atoms with Crippen molar-refractivity contribution in [3.63, 3.8) is 0 Å². The number of hydrogen-bond donors (Lipinski definition) is 2. The summed E-state index contributed by atoms with van der Waals surface area (Å²) >= 11 is 0. The predicted octanol–water partition coefficient (Wildman–Crippen LogP) is 3.52. The lowest BCUT2D eigenvalue weighted by molar-refractivity contribution is 0.100. The van der Waals surface area contributed by atoms with E-state index in [1.807, 2.05) is 0 Å². The van der Waals surface area contributed by atoms with Crippen LogP contribution in [0.1, 0.15) is 34.0 Å². The third-order valence-electron chi connectivity index (χ3n) is 4.01. The molecular weight excluding hydrogens is 355 g/mol. The molecule has 0 bridgehead atoms. The zero-order valence-corrected chi connectivity index (χ0v) is 14.2. The molecule has 7 heteroatoms. The Morgan fingerprint density at radius 3 is 2.33 bits per heavy atom. The molecule has 1 aliphatic carbocycles. The summed E-state index contributed by atoms with van der Waals surface area (Å²) in [5.41, 5.74) is 14.8. The lowest BCUT2D eigenvalue weighted by Crippen LogP contribution is -2.24. The molecule has 136 valence electrons. The average Bonchev–Trinajstić information content (AvgIpc) is 2.73. The Morgan fingerprint density at radius 1 is 1.04 bits per heavy atom. The van der Waals surface area contributed by atoms with E-state index in [1.165, 1.54) is 18.2 Å². The van der Waals surface area contributed by atoms with Crippen LogP contribution in [-0.4, -0.2) is 11.9 Å². The Balaban J connectivity index is 2.27. The van der Waals surface area contributed by atoms with Gasteiger partial charge in [-0.05, 0) is 41.8 Å². The van der Waals surface area contributed by atoms with Gasteiger partial charge in [-0.2, -0.15) is 4.99 Å². The van der Waals surface area contributed by atoms with Gasteiger partial charge >= 0.3 is 0 Å². The van der Waals surface area contributed by atoms with Gasteiger partial charge in [0, 0.05) is 23.3 Å². The molecule has 3 rings (SSSR count). The minimum atomic E-state index is -1.07. The molecule has 0 saturated carbocycles. The zero-order chi connectivity index (χ0) is 19.7. The van der Waals surface area contributed by atoms with Crippen LogP contribution in [0, 0.1) is 17.5 Å². The Morgan fingerprint density at radius 2 is 1.70 bits per heavy atom. The number of aliphatic imine (C=N–C) groups is 1. The molecule has 1 aliphatic rings. The number of amides is 1. The summed E-state index contributed by atoms with van der Waals surface area (Å²) < 4.78 is 42.0. The third kappa shape index (κ3) is 3.54. The minimum absolute atomic E-state index is 0.0486. The van der Waals surface area contributed by atoms with E-state index in [9.17, 15) is 18.0 Å². The number of hydrogen-bond acceptors (Lipinski definition) is 1. The third-order valence-corrected chi connectivity index (χ3v) is 4.01. The van der Waals surface area contributed by atoms with E-state index in [0.717, 1.165) is 5.57 Å². The Hall–Kier alpha value is -3.57. The van der Waals surface area contributed by atoms with Gasteiger partial charge in [0.25, 0.3) is 5.91 Å². The summed E-state index contributed by atoms with van der Waals surface area (Å²) in [7, 11) is 0. The summed E-state index contributed by atoms with van der Waals surface area (Å²) in [5, 5.41) is 0. The van der Waals surface area contributed by atoms with E-state index in [1.54, 1.807) is 19.1 Å². The number of carbonyl (C=O) groups excluding carboxylic acids is 1. The van der Waals surface area contributed by atoms with Crippen molar-refractivity contribution >= 4 is 23.0 Å². The van der Waals surface area contributed by atoms with E-state index in [2.05, 4.69) is 10.7 Å². The second-order valence-electron chi connectivity index (χ2n) is 5.88. The zero-order valence-electron chi connectivity index (χ0n) is 14.2. The van der Waals surface area contributed by atoms with Gasteiger partial charge in [-0.3, -0.25) is 4.79 Å². The van der Waals surface area contributed by atoms with Gasteiger partial charge in [-0.1, -0.05) is 12.1 Å². The standard InChI is InChI=1S/C20H14F3N3O/c1-10-3-2-4-14(18-16(22)8-12(21)9-17(18)23)15-7-11(5-6-13(10)15)19(27)26-20(24)25/h2-3,5-9H,1H3,(H4,24,25,26,27). The van der Waals surface area contributed by atoms with Gasteiger partial charge < -0.3 is 11.5 Å². The molecule has 4 N–H and O–H groups in total. The molecule has 2 aromatic rings. The molecule has 1 amide bonds. The van der Waals surface area contributed by atoms with Gasteiger partial charge in [-0.15, -0.1) is 5.73 Å². The van der Waals surface area contributed by atoms with Crippen molar-refractivity contribution in [2.75, 3.05) is 0 Å². The van der Waals surface area contributed by atoms with Crippen molar-refractivity contribution in [1.29, 1.82) is 0 Å². The number of benzene rings is 2. The highest BCUT2D eigenvalue weighted by molar-refractivity contribution is 6.03. The molecule has 2 aromatic carbocycles. The summed E-state index contributed by atoms with van der Waals surface area (Å²) in [4.78, 5) is 15.6. The normalized spacial score (nSPS) is 12.6. The van der Waals surface area contributed by atoms with Gasteiger partial charge in [0.1, 0.15) is 17.5 Å². The fourth-order valence-corrected chi connectivity index (χ4v) is 2.82. The van der Waals surface area contributed by atoms with Crippen molar-refractivity contribution in [3.05, 3.63) is 87.9 Å². The van der Waals surface area contributed by atoms with E-state index < -0.39 is 34.9 Å². The Kier molecular flexibility index (Phi) is 4.71. The Bertz CT molecular complexity index is 1070. The molecule has 0 unspecified atom stereocenters. The summed E-state index contributed by atoms with van der Waals surface area (Å²) in [5.74, 6) is -4.28. The molecule has 0 saturated heterocycles. The lowest BCUT2D eigenvalue weighted by Gasteiger charge is -2.14. The molecular formula is C20H14F3N3O. The fourth-order valence-electron chi connectivity index (χ4n) is 2.82. The summed E-state index contributed by atoms with van der Waals surface area (Å²) in [6.45, 7) is 1.80. The average molecular weight is 369 g/mol. The van der Waals surface area contributed by atoms with E-state index in [4.69, 9.17) is 11.5 Å². The van der Waals surface area contributed by atoms with Crippen LogP contribution in [0.2, 0.25) is 0 Å². The van der Waals surface area contributed by atoms with Crippen LogP contribution in [0.15, 0.2) is 53.2 Å². The number of fused-ring (bicyclic) bond motifs is 1. The smallest absolute Gasteiger partial charge is 0.280 e. The SMILES string of the molecule is CC1=CC=C=C(c2c(F)cc(F)cc2F)c2cc(C(=O)N=C(N)N)ccc21. The molecule has 4 nitrogen and oxygen atoms in total. The first-order valence-corrected chi connectivity index (χ1v) is 7.85.